The molecule has 3 amide bonds. The molecule has 2 aromatic rings. The summed E-state index contributed by atoms with van der Waals surface area (Å²) in [7, 11) is 0. The van der Waals surface area contributed by atoms with Crippen LogP contribution in [0.15, 0.2) is 48.5 Å². The van der Waals surface area contributed by atoms with E-state index in [1.807, 2.05) is 0 Å². The van der Waals surface area contributed by atoms with Crippen LogP contribution in [-0.2, 0) is 16.1 Å². The van der Waals surface area contributed by atoms with Crippen molar-refractivity contribution in [3.05, 3.63) is 70.8 Å². The molecule has 1 fully saturated rings. The van der Waals surface area contributed by atoms with Crippen molar-refractivity contribution in [3.8, 4) is 0 Å². The average Bonchev–Trinajstić information content (AvgIpc) is 2.98. The molecular weight excluding hydrogens is 360 g/mol. The number of nitrogens with one attached hydrogen (secondary N) is 1. The number of hydroxylamine groups is 1. The highest BCUT2D eigenvalue weighted by Gasteiger charge is 2.34. The van der Waals surface area contributed by atoms with E-state index in [1.54, 1.807) is 48.5 Å². The van der Waals surface area contributed by atoms with Gasteiger partial charge in [0.05, 0.1) is 17.7 Å². The van der Waals surface area contributed by atoms with E-state index in [4.69, 9.17) is 9.57 Å². The number of hydrogen-bond donors (Lipinski definition) is 1. The van der Waals surface area contributed by atoms with Gasteiger partial charge in [-0.15, -0.1) is 0 Å². The third-order valence-corrected chi connectivity index (χ3v) is 4.86. The molecule has 1 saturated heterocycles. The second-order valence-electron chi connectivity index (χ2n) is 6.78. The Hall–Kier alpha value is -3.03. The number of amides is 3. The largest absolute Gasteiger partial charge is 0.350 e. The van der Waals surface area contributed by atoms with E-state index in [-0.39, 0.29) is 24.3 Å². The smallest absolute Gasteiger partial charge is 0.274 e. The number of carbonyl (C=O) groups excluding carboxylic acids is 3. The summed E-state index contributed by atoms with van der Waals surface area (Å²) in [6.07, 6.45) is 2.35. The van der Waals surface area contributed by atoms with Crippen molar-refractivity contribution in [1.82, 2.24) is 10.4 Å². The third-order valence-electron chi connectivity index (χ3n) is 4.86. The van der Waals surface area contributed by atoms with Gasteiger partial charge < -0.3 is 4.74 Å². The summed E-state index contributed by atoms with van der Waals surface area (Å²) in [5.41, 5.74) is 4.42. The van der Waals surface area contributed by atoms with E-state index in [0.717, 1.165) is 24.8 Å². The number of hydrogen-bond acceptors (Lipinski definition) is 5. The van der Waals surface area contributed by atoms with E-state index in [1.165, 1.54) is 4.90 Å². The number of imide groups is 1. The quantitative estimate of drug-likeness (QED) is 0.637. The zero-order valence-corrected chi connectivity index (χ0v) is 15.2. The lowest BCUT2D eigenvalue weighted by Crippen LogP contribution is -2.33. The van der Waals surface area contributed by atoms with Crippen LogP contribution in [0.2, 0.25) is 0 Å². The van der Waals surface area contributed by atoms with Crippen molar-refractivity contribution < 1.29 is 24.0 Å². The van der Waals surface area contributed by atoms with Crippen LogP contribution in [0, 0.1) is 0 Å². The van der Waals surface area contributed by atoms with Crippen molar-refractivity contribution in [2.75, 3.05) is 6.61 Å². The Kier molecular flexibility index (Phi) is 5.18. The van der Waals surface area contributed by atoms with Crippen molar-refractivity contribution in [2.24, 2.45) is 0 Å². The topological polar surface area (TPSA) is 84.9 Å². The Morgan fingerprint density at radius 3 is 2.32 bits per heavy atom. The molecule has 1 atom stereocenters. The zero-order chi connectivity index (χ0) is 19.5. The number of benzene rings is 2. The summed E-state index contributed by atoms with van der Waals surface area (Å²) in [6.45, 7) is 0.785. The molecule has 2 heterocycles. The van der Waals surface area contributed by atoms with Crippen LogP contribution in [0.3, 0.4) is 0 Å². The predicted molar refractivity (Wildman–Crippen MR) is 99.2 cm³/mol. The van der Waals surface area contributed by atoms with Gasteiger partial charge in [-0.2, -0.15) is 0 Å². The highest BCUT2D eigenvalue weighted by atomic mass is 16.8. The van der Waals surface area contributed by atoms with Crippen molar-refractivity contribution in [2.45, 2.75) is 32.1 Å². The maximum atomic E-state index is 12.4. The van der Waals surface area contributed by atoms with Crippen LogP contribution in [-0.4, -0.2) is 35.5 Å². The van der Waals surface area contributed by atoms with Gasteiger partial charge >= 0.3 is 0 Å². The van der Waals surface area contributed by atoms with Gasteiger partial charge in [0.15, 0.2) is 6.29 Å². The minimum Gasteiger partial charge on any atom is -0.350 e. The molecule has 0 radical (unpaired) electrons. The second kappa shape index (κ2) is 7.92. The van der Waals surface area contributed by atoms with Crippen LogP contribution >= 0.6 is 0 Å². The van der Waals surface area contributed by atoms with E-state index in [0.29, 0.717) is 23.3 Å². The van der Waals surface area contributed by atoms with Crippen LogP contribution in [0.25, 0.3) is 0 Å². The Balaban J connectivity index is 1.36. The first kappa shape index (κ1) is 18.3. The van der Waals surface area contributed by atoms with Gasteiger partial charge in [0.1, 0.15) is 0 Å². The minimum atomic E-state index is -0.411. The molecule has 0 aliphatic carbocycles. The average molecular weight is 380 g/mol. The Labute approximate surface area is 162 Å². The Morgan fingerprint density at radius 2 is 1.71 bits per heavy atom. The van der Waals surface area contributed by atoms with E-state index < -0.39 is 6.29 Å². The fraction of sp³-hybridized carbons (Fsp3) is 0.286. The first-order valence-corrected chi connectivity index (χ1v) is 9.25. The van der Waals surface area contributed by atoms with Crippen LogP contribution < -0.4 is 5.48 Å². The summed E-state index contributed by atoms with van der Waals surface area (Å²) >= 11 is 0. The summed E-state index contributed by atoms with van der Waals surface area (Å²) in [5, 5.41) is 0. The lowest BCUT2D eigenvalue weighted by Gasteiger charge is -2.22. The van der Waals surface area contributed by atoms with Gasteiger partial charge in [0.2, 0.25) is 0 Å². The summed E-state index contributed by atoms with van der Waals surface area (Å²) < 4.78 is 5.40. The molecule has 144 valence electrons. The first-order valence-electron chi connectivity index (χ1n) is 9.25. The van der Waals surface area contributed by atoms with Crippen molar-refractivity contribution in [3.63, 3.8) is 0 Å². The lowest BCUT2D eigenvalue weighted by molar-refractivity contribution is -0.186. The molecule has 4 rings (SSSR count). The zero-order valence-electron chi connectivity index (χ0n) is 15.2. The normalized spacial score (nSPS) is 18.9. The molecule has 7 heteroatoms. The van der Waals surface area contributed by atoms with E-state index in [2.05, 4.69) is 5.48 Å². The van der Waals surface area contributed by atoms with Crippen LogP contribution in [0.1, 0.15) is 55.9 Å². The van der Waals surface area contributed by atoms with Gasteiger partial charge in [0, 0.05) is 18.6 Å². The van der Waals surface area contributed by atoms with Gasteiger partial charge in [0.25, 0.3) is 17.7 Å². The molecule has 0 aromatic heterocycles. The van der Waals surface area contributed by atoms with Gasteiger partial charge in [-0.25, -0.2) is 10.3 Å². The fourth-order valence-electron chi connectivity index (χ4n) is 3.31. The van der Waals surface area contributed by atoms with Gasteiger partial charge in [-0.3, -0.25) is 19.3 Å². The van der Waals surface area contributed by atoms with Crippen LogP contribution in [0.4, 0.5) is 0 Å². The Morgan fingerprint density at radius 1 is 1.04 bits per heavy atom. The number of nitrogens with zero attached hydrogens (tertiary/aromatic N) is 1. The number of carbonyl (C=O) groups is 3. The SMILES string of the molecule is O=C(NO[C@@H]1CCCCO1)c1ccc(CN2C(=O)c3ccccc3C2=O)cc1. The maximum Gasteiger partial charge on any atom is 0.274 e. The molecule has 2 aromatic carbocycles. The monoisotopic (exact) mass is 380 g/mol. The molecular formula is C21H20N2O5. The molecule has 0 spiro atoms. The molecule has 28 heavy (non-hydrogen) atoms. The molecule has 0 bridgehead atoms. The Bertz CT molecular complexity index is 868. The predicted octanol–water partition coefficient (Wildman–Crippen LogP) is 2.67. The number of rotatable bonds is 5. The summed E-state index contributed by atoms with van der Waals surface area (Å²) in [4.78, 5) is 43.5. The lowest BCUT2D eigenvalue weighted by atomic mass is 10.1. The van der Waals surface area contributed by atoms with Crippen LogP contribution in [0.5, 0.6) is 0 Å². The summed E-state index contributed by atoms with van der Waals surface area (Å²) in [5.74, 6) is -0.979. The van der Waals surface area contributed by atoms with Gasteiger partial charge in [-0.05, 0) is 42.7 Å². The number of fused-ring (bicyclic) bond motifs is 1. The molecule has 7 nitrogen and oxygen atoms in total. The highest BCUT2D eigenvalue weighted by Crippen LogP contribution is 2.24. The van der Waals surface area contributed by atoms with Gasteiger partial charge in [-0.1, -0.05) is 24.3 Å². The molecule has 1 N–H and O–H groups in total. The van der Waals surface area contributed by atoms with Crippen molar-refractivity contribution >= 4 is 17.7 Å². The first-order chi connectivity index (χ1) is 13.6. The highest BCUT2D eigenvalue weighted by molar-refractivity contribution is 6.21. The second-order valence-corrected chi connectivity index (χ2v) is 6.78. The third kappa shape index (κ3) is 3.67. The number of ether oxygens (including phenoxy) is 1. The standard InChI is InChI=1S/C21H20N2O5/c24-19(22-28-18-7-3-4-12-27-18)15-10-8-14(9-11-15)13-23-20(25)16-5-1-2-6-17(16)21(23)26/h1-2,5-6,8-11,18H,3-4,7,12-13H2,(H,22,24)/t18-/m1/s1. The molecule has 0 saturated carbocycles. The molecule has 0 unspecified atom stereocenters. The molecule has 2 aliphatic heterocycles. The van der Waals surface area contributed by atoms with Crippen molar-refractivity contribution in [1.29, 1.82) is 0 Å². The minimum absolute atomic E-state index is 0.153. The maximum absolute atomic E-state index is 12.4. The van der Waals surface area contributed by atoms with E-state index in [9.17, 15) is 14.4 Å². The fourth-order valence-corrected chi connectivity index (χ4v) is 3.31. The van der Waals surface area contributed by atoms with E-state index >= 15 is 0 Å². The molecule has 2 aliphatic rings. The summed E-state index contributed by atoms with van der Waals surface area (Å²) in [6, 6.07) is 13.5.